The molecule has 0 aliphatic carbocycles. The molecule has 0 aliphatic heterocycles. The van der Waals surface area contributed by atoms with Crippen molar-refractivity contribution in [3.63, 3.8) is 0 Å². The summed E-state index contributed by atoms with van der Waals surface area (Å²) in [5, 5.41) is 0. The number of hydrogen-bond acceptors (Lipinski definition) is 4. The maximum atomic E-state index is 6.02. The van der Waals surface area contributed by atoms with Gasteiger partial charge in [0.2, 0.25) is 0 Å². The molecule has 1 heterocycles. The molecule has 0 aliphatic rings. The quantitative estimate of drug-likeness (QED) is 0.919. The highest BCUT2D eigenvalue weighted by Crippen LogP contribution is 2.26. The fourth-order valence-corrected chi connectivity index (χ4v) is 2.83. The molecule has 3 nitrogen and oxygen atoms in total. The molecule has 1 unspecified atom stereocenters. The second kappa shape index (κ2) is 5.50. The van der Waals surface area contributed by atoms with Gasteiger partial charge in [0.05, 0.1) is 17.7 Å². The van der Waals surface area contributed by atoms with Crippen LogP contribution in [-0.2, 0) is 6.54 Å². The predicted octanol–water partition coefficient (Wildman–Crippen LogP) is 3.11. The molecule has 0 radical (unpaired) electrons. The van der Waals surface area contributed by atoms with Crippen molar-refractivity contribution in [3.8, 4) is 0 Å². The summed E-state index contributed by atoms with van der Waals surface area (Å²) in [4.78, 5) is 7.83. The first-order valence-corrected chi connectivity index (χ1v) is 6.92. The van der Waals surface area contributed by atoms with E-state index in [0.717, 1.165) is 12.2 Å². The van der Waals surface area contributed by atoms with Crippen molar-refractivity contribution < 1.29 is 0 Å². The summed E-state index contributed by atoms with van der Waals surface area (Å²) in [5.41, 5.74) is 11.4. The topological polar surface area (TPSA) is 42.2 Å². The SMILES string of the molecule is Cc1ncsc1CN(C)c1ccccc1C(C)N. The Morgan fingerprint density at radius 1 is 1.39 bits per heavy atom. The highest BCUT2D eigenvalue weighted by atomic mass is 32.1. The Morgan fingerprint density at radius 3 is 2.72 bits per heavy atom. The molecule has 0 bridgehead atoms. The van der Waals surface area contributed by atoms with E-state index in [2.05, 4.69) is 42.1 Å². The number of aromatic nitrogens is 1. The van der Waals surface area contributed by atoms with Crippen LogP contribution in [0.4, 0.5) is 5.69 Å². The second-order valence-corrected chi connectivity index (χ2v) is 5.50. The Balaban J connectivity index is 2.24. The number of para-hydroxylation sites is 1. The average Bonchev–Trinajstić information content (AvgIpc) is 2.75. The van der Waals surface area contributed by atoms with Gasteiger partial charge in [-0.1, -0.05) is 18.2 Å². The number of nitrogens with zero attached hydrogens (tertiary/aromatic N) is 2. The van der Waals surface area contributed by atoms with Gasteiger partial charge in [0.1, 0.15) is 0 Å². The first-order chi connectivity index (χ1) is 8.59. The number of thiazole rings is 1. The molecule has 2 N–H and O–H groups in total. The zero-order valence-corrected chi connectivity index (χ0v) is 11.9. The Hall–Kier alpha value is -1.39. The molecule has 18 heavy (non-hydrogen) atoms. The van der Waals surface area contributed by atoms with E-state index < -0.39 is 0 Å². The molecule has 1 atom stereocenters. The summed E-state index contributed by atoms with van der Waals surface area (Å²) < 4.78 is 0. The van der Waals surface area contributed by atoms with Crippen LogP contribution in [0.1, 0.15) is 29.1 Å². The van der Waals surface area contributed by atoms with Gasteiger partial charge in [-0.3, -0.25) is 0 Å². The van der Waals surface area contributed by atoms with E-state index in [1.54, 1.807) is 11.3 Å². The fourth-order valence-electron chi connectivity index (χ4n) is 2.00. The summed E-state index contributed by atoms with van der Waals surface area (Å²) in [6.07, 6.45) is 0. The molecular weight excluding hydrogens is 242 g/mol. The average molecular weight is 261 g/mol. The molecule has 0 saturated heterocycles. The number of anilines is 1. The molecule has 1 aromatic carbocycles. The van der Waals surface area contributed by atoms with E-state index >= 15 is 0 Å². The number of nitrogens with two attached hydrogens (primary N) is 1. The maximum Gasteiger partial charge on any atom is 0.0798 e. The standard InChI is InChI=1S/C14H19N3S/c1-10(15)12-6-4-5-7-13(12)17(3)8-14-11(2)16-9-18-14/h4-7,9-10H,8,15H2,1-3H3. The summed E-state index contributed by atoms with van der Waals surface area (Å²) in [7, 11) is 2.10. The molecule has 2 aromatic rings. The Labute approximate surface area is 112 Å². The highest BCUT2D eigenvalue weighted by molar-refractivity contribution is 7.09. The van der Waals surface area contributed by atoms with Gasteiger partial charge in [0.15, 0.2) is 0 Å². The minimum atomic E-state index is 0.0474. The summed E-state index contributed by atoms with van der Waals surface area (Å²) >= 11 is 1.70. The van der Waals surface area contributed by atoms with Crippen LogP contribution in [0, 0.1) is 6.92 Å². The minimum Gasteiger partial charge on any atom is -0.369 e. The Kier molecular flexibility index (Phi) is 3.99. The van der Waals surface area contributed by atoms with Crippen molar-refractivity contribution in [3.05, 3.63) is 45.9 Å². The van der Waals surface area contributed by atoms with Crippen molar-refractivity contribution in [2.75, 3.05) is 11.9 Å². The van der Waals surface area contributed by atoms with Crippen molar-refractivity contribution in [2.45, 2.75) is 26.4 Å². The van der Waals surface area contributed by atoms with Crippen molar-refractivity contribution in [1.29, 1.82) is 0 Å². The summed E-state index contributed by atoms with van der Waals surface area (Å²) in [5.74, 6) is 0. The first kappa shape index (κ1) is 13.1. The fraction of sp³-hybridized carbons (Fsp3) is 0.357. The van der Waals surface area contributed by atoms with E-state index in [4.69, 9.17) is 5.73 Å². The van der Waals surface area contributed by atoms with Crippen molar-refractivity contribution in [1.82, 2.24) is 4.98 Å². The minimum absolute atomic E-state index is 0.0474. The van der Waals surface area contributed by atoms with E-state index in [1.807, 2.05) is 18.5 Å². The summed E-state index contributed by atoms with van der Waals surface area (Å²) in [6, 6.07) is 8.35. The molecule has 1 aromatic heterocycles. The summed E-state index contributed by atoms with van der Waals surface area (Å²) in [6.45, 7) is 4.95. The van der Waals surface area contributed by atoms with Gasteiger partial charge in [-0.05, 0) is 25.5 Å². The van der Waals surface area contributed by atoms with Gasteiger partial charge in [-0.2, -0.15) is 0 Å². The largest absolute Gasteiger partial charge is 0.369 e. The molecule has 0 spiro atoms. The molecule has 4 heteroatoms. The van der Waals surface area contributed by atoms with E-state index in [1.165, 1.54) is 16.1 Å². The van der Waals surface area contributed by atoms with Crippen LogP contribution in [0.5, 0.6) is 0 Å². The normalized spacial score (nSPS) is 12.4. The lowest BCUT2D eigenvalue weighted by atomic mass is 10.1. The van der Waals surface area contributed by atoms with Crippen LogP contribution in [0.15, 0.2) is 29.8 Å². The number of benzene rings is 1. The predicted molar refractivity (Wildman–Crippen MR) is 78.0 cm³/mol. The monoisotopic (exact) mass is 261 g/mol. The third kappa shape index (κ3) is 2.71. The van der Waals surface area contributed by atoms with Gasteiger partial charge in [0.25, 0.3) is 0 Å². The van der Waals surface area contributed by atoms with Crippen LogP contribution in [0.3, 0.4) is 0 Å². The number of hydrogen-bond donors (Lipinski definition) is 1. The third-order valence-electron chi connectivity index (χ3n) is 3.06. The van der Waals surface area contributed by atoms with Crippen LogP contribution in [0.25, 0.3) is 0 Å². The number of aryl methyl sites for hydroxylation is 1. The third-order valence-corrected chi connectivity index (χ3v) is 3.98. The molecule has 2 rings (SSSR count). The molecule has 96 valence electrons. The smallest absolute Gasteiger partial charge is 0.0798 e. The van der Waals surface area contributed by atoms with Crippen molar-refractivity contribution in [2.24, 2.45) is 5.73 Å². The molecule has 0 amide bonds. The van der Waals surface area contributed by atoms with Gasteiger partial charge in [-0.15, -0.1) is 11.3 Å². The molecule has 0 fully saturated rings. The van der Waals surface area contributed by atoms with Gasteiger partial charge in [-0.25, -0.2) is 4.98 Å². The van der Waals surface area contributed by atoms with Crippen LogP contribution < -0.4 is 10.6 Å². The van der Waals surface area contributed by atoms with E-state index in [-0.39, 0.29) is 6.04 Å². The lowest BCUT2D eigenvalue weighted by Gasteiger charge is -2.23. The Morgan fingerprint density at radius 2 is 2.11 bits per heavy atom. The molecular formula is C14H19N3S. The van der Waals surface area contributed by atoms with Gasteiger partial charge in [0, 0.05) is 23.7 Å². The van der Waals surface area contributed by atoms with E-state index in [9.17, 15) is 0 Å². The number of rotatable bonds is 4. The van der Waals surface area contributed by atoms with Crippen LogP contribution in [0.2, 0.25) is 0 Å². The van der Waals surface area contributed by atoms with Crippen molar-refractivity contribution >= 4 is 17.0 Å². The Bertz CT molecular complexity index is 519. The second-order valence-electron chi connectivity index (χ2n) is 4.56. The van der Waals surface area contributed by atoms with Crippen LogP contribution >= 0.6 is 11.3 Å². The maximum absolute atomic E-state index is 6.02. The first-order valence-electron chi connectivity index (χ1n) is 6.04. The van der Waals surface area contributed by atoms with Gasteiger partial charge >= 0.3 is 0 Å². The van der Waals surface area contributed by atoms with Gasteiger partial charge < -0.3 is 10.6 Å². The zero-order valence-electron chi connectivity index (χ0n) is 11.1. The van der Waals surface area contributed by atoms with E-state index in [0.29, 0.717) is 0 Å². The highest BCUT2D eigenvalue weighted by Gasteiger charge is 2.12. The van der Waals surface area contributed by atoms with Crippen LogP contribution in [-0.4, -0.2) is 12.0 Å². The lowest BCUT2D eigenvalue weighted by Crippen LogP contribution is -2.20. The molecule has 0 saturated carbocycles. The lowest BCUT2D eigenvalue weighted by molar-refractivity contribution is 0.802. The zero-order chi connectivity index (χ0) is 13.1.